The summed E-state index contributed by atoms with van der Waals surface area (Å²) in [6.45, 7) is 2.45. The summed E-state index contributed by atoms with van der Waals surface area (Å²) in [5, 5.41) is 10.6. The Hall–Kier alpha value is -2.69. The van der Waals surface area contributed by atoms with E-state index < -0.39 is 0 Å². The molecule has 2 N–H and O–H groups in total. The average Bonchev–Trinajstić information content (AvgIpc) is 2.92. The monoisotopic (exact) mass is 297 g/mol. The highest BCUT2D eigenvalue weighted by Crippen LogP contribution is 2.17. The van der Waals surface area contributed by atoms with Gasteiger partial charge in [0, 0.05) is 11.9 Å². The molecule has 0 aliphatic heterocycles. The number of carbonyl (C=O) groups is 1. The van der Waals surface area contributed by atoms with Crippen LogP contribution in [0.4, 0.5) is 4.39 Å². The highest BCUT2D eigenvalue weighted by atomic mass is 19.1. The van der Waals surface area contributed by atoms with Gasteiger partial charge in [0.05, 0.1) is 5.52 Å². The van der Waals surface area contributed by atoms with E-state index in [1.54, 1.807) is 12.1 Å². The van der Waals surface area contributed by atoms with Gasteiger partial charge in [0.15, 0.2) is 5.69 Å². The lowest BCUT2D eigenvalue weighted by atomic mass is 10.1. The molecule has 3 rings (SSSR count). The van der Waals surface area contributed by atoms with Crippen LogP contribution in [0.2, 0.25) is 0 Å². The Labute approximate surface area is 127 Å². The van der Waals surface area contributed by atoms with Crippen LogP contribution in [0.15, 0.2) is 42.5 Å². The lowest BCUT2D eigenvalue weighted by molar-refractivity contribution is 0.0950. The van der Waals surface area contributed by atoms with Crippen LogP contribution >= 0.6 is 0 Å². The minimum atomic E-state index is -0.258. The molecular formula is C17H16FN3O. The number of halogens is 1. The summed E-state index contributed by atoms with van der Waals surface area (Å²) in [6.07, 6.45) is 0.646. The van der Waals surface area contributed by atoms with Crippen LogP contribution in [0.1, 0.15) is 21.6 Å². The zero-order valence-electron chi connectivity index (χ0n) is 12.2. The van der Waals surface area contributed by atoms with E-state index in [4.69, 9.17) is 0 Å². The van der Waals surface area contributed by atoms with Gasteiger partial charge < -0.3 is 5.32 Å². The Morgan fingerprint density at radius 3 is 2.77 bits per heavy atom. The maximum absolute atomic E-state index is 12.8. The number of carbonyl (C=O) groups excluding carboxylic acids is 1. The first kappa shape index (κ1) is 14.3. The first-order valence-corrected chi connectivity index (χ1v) is 7.11. The Kier molecular flexibility index (Phi) is 3.87. The average molecular weight is 297 g/mol. The summed E-state index contributed by atoms with van der Waals surface area (Å²) in [6, 6.07) is 12.1. The van der Waals surface area contributed by atoms with Crippen LogP contribution < -0.4 is 5.32 Å². The molecule has 3 aromatic rings. The van der Waals surface area contributed by atoms with E-state index in [1.165, 1.54) is 12.1 Å². The van der Waals surface area contributed by atoms with Crippen molar-refractivity contribution in [2.45, 2.75) is 13.3 Å². The maximum atomic E-state index is 12.8. The number of H-pyrrole nitrogens is 1. The number of fused-ring (bicyclic) bond motifs is 1. The summed E-state index contributed by atoms with van der Waals surface area (Å²) in [5.41, 5.74) is 3.30. The van der Waals surface area contributed by atoms with Crippen LogP contribution in [0, 0.1) is 12.7 Å². The van der Waals surface area contributed by atoms with Gasteiger partial charge in [-0.3, -0.25) is 9.89 Å². The molecule has 0 aliphatic rings. The lowest BCUT2D eigenvalue weighted by Crippen LogP contribution is -2.26. The van der Waals surface area contributed by atoms with E-state index in [1.807, 2.05) is 25.1 Å². The molecule has 22 heavy (non-hydrogen) atoms. The number of amides is 1. The molecule has 0 radical (unpaired) electrons. The molecule has 1 heterocycles. The van der Waals surface area contributed by atoms with Gasteiger partial charge in [-0.25, -0.2) is 4.39 Å². The van der Waals surface area contributed by atoms with Gasteiger partial charge >= 0.3 is 0 Å². The van der Waals surface area contributed by atoms with E-state index in [-0.39, 0.29) is 11.7 Å². The highest BCUT2D eigenvalue weighted by Gasteiger charge is 2.13. The second kappa shape index (κ2) is 5.97. The van der Waals surface area contributed by atoms with Gasteiger partial charge in [-0.05, 0) is 43.2 Å². The Bertz CT molecular complexity index is 808. The van der Waals surface area contributed by atoms with Crippen LogP contribution in [-0.2, 0) is 6.42 Å². The number of aromatic nitrogens is 2. The number of hydrogen-bond donors (Lipinski definition) is 2. The van der Waals surface area contributed by atoms with Gasteiger partial charge in [0.1, 0.15) is 5.82 Å². The van der Waals surface area contributed by atoms with Gasteiger partial charge in [0.2, 0.25) is 0 Å². The number of hydrogen-bond acceptors (Lipinski definition) is 2. The van der Waals surface area contributed by atoms with Crippen molar-refractivity contribution in [3.8, 4) is 0 Å². The van der Waals surface area contributed by atoms with Crippen LogP contribution in [0.5, 0.6) is 0 Å². The van der Waals surface area contributed by atoms with Crippen molar-refractivity contribution in [2.24, 2.45) is 0 Å². The van der Waals surface area contributed by atoms with E-state index in [0.717, 1.165) is 22.0 Å². The third-order valence-electron chi connectivity index (χ3n) is 3.55. The number of aryl methyl sites for hydroxylation is 1. The van der Waals surface area contributed by atoms with Crippen LogP contribution in [-0.4, -0.2) is 22.6 Å². The minimum absolute atomic E-state index is 0.209. The molecule has 112 valence electrons. The molecule has 0 unspecified atom stereocenters. The topological polar surface area (TPSA) is 57.8 Å². The predicted molar refractivity (Wildman–Crippen MR) is 83.3 cm³/mol. The molecule has 1 amide bonds. The maximum Gasteiger partial charge on any atom is 0.272 e. The molecule has 0 saturated heterocycles. The standard InChI is InChI=1S/C17H16FN3O/c1-11-2-7-15-14(10-11)16(21-20-15)17(22)19-9-8-12-3-5-13(18)6-4-12/h2-7,10H,8-9H2,1H3,(H,19,22)(H,20,21). The smallest absolute Gasteiger partial charge is 0.272 e. The second-order valence-electron chi connectivity index (χ2n) is 5.25. The zero-order chi connectivity index (χ0) is 15.5. The first-order chi connectivity index (χ1) is 10.6. The summed E-state index contributed by atoms with van der Waals surface area (Å²) in [4.78, 5) is 12.2. The van der Waals surface area contributed by atoms with Crippen molar-refractivity contribution in [2.75, 3.05) is 6.54 Å². The van der Waals surface area contributed by atoms with Crippen molar-refractivity contribution in [3.05, 3.63) is 65.1 Å². The number of nitrogens with zero attached hydrogens (tertiary/aromatic N) is 1. The van der Waals surface area contributed by atoms with Crippen molar-refractivity contribution < 1.29 is 9.18 Å². The van der Waals surface area contributed by atoms with Crippen LogP contribution in [0.25, 0.3) is 10.9 Å². The fourth-order valence-corrected chi connectivity index (χ4v) is 2.36. The fraction of sp³-hybridized carbons (Fsp3) is 0.176. The fourth-order valence-electron chi connectivity index (χ4n) is 2.36. The number of nitrogens with one attached hydrogen (secondary N) is 2. The Morgan fingerprint density at radius 2 is 2.00 bits per heavy atom. The van der Waals surface area contributed by atoms with Crippen molar-refractivity contribution in [3.63, 3.8) is 0 Å². The number of rotatable bonds is 4. The van der Waals surface area contributed by atoms with Gasteiger partial charge in [0.25, 0.3) is 5.91 Å². The van der Waals surface area contributed by atoms with Gasteiger partial charge in [-0.1, -0.05) is 23.8 Å². The summed E-state index contributed by atoms with van der Waals surface area (Å²) < 4.78 is 12.8. The molecule has 0 atom stereocenters. The van der Waals surface area contributed by atoms with E-state index in [0.29, 0.717) is 18.7 Å². The van der Waals surface area contributed by atoms with E-state index in [2.05, 4.69) is 15.5 Å². The summed E-state index contributed by atoms with van der Waals surface area (Å²) in [5.74, 6) is -0.467. The summed E-state index contributed by atoms with van der Waals surface area (Å²) in [7, 11) is 0. The predicted octanol–water partition coefficient (Wildman–Crippen LogP) is 2.98. The quantitative estimate of drug-likeness (QED) is 0.778. The van der Waals surface area contributed by atoms with Crippen molar-refractivity contribution >= 4 is 16.8 Å². The second-order valence-corrected chi connectivity index (χ2v) is 5.25. The number of aromatic amines is 1. The molecule has 0 bridgehead atoms. The zero-order valence-corrected chi connectivity index (χ0v) is 12.2. The Balaban J connectivity index is 1.66. The molecule has 2 aromatic carbocycles. The van der Waals surface area contributed by atoms with Crippen LogP contribution in [0.3, 0.4) is 0 Å². The highest BCUT2D eigenvalue weighted by molar-refractivity contribution is 6.04. The number of benzene rings is 2. The molecule has 0 saturated carbocycles. The van der Waals surface area contributed by atoms with Gasteiger partial charge in [-0.15, -0.1) is 0 Å². The Morgan fingerprint density at radius 1 is 1.23 bits per heavy atom. The van der Waals surface area contributed by atoms with Gasteiger partial charge in [-0.2, -0.15) is 5.10 Å². The lowest BCUT2D eigenvalue weighted by Gasteiger charge is -2.04. The molecular weight excluding hydrogens is 281 g/mol. The van der Waals surface area contributed by atoms with E-state index >= 15 is 0 Å². The SMILES string of the molecule is Cc1ccc2[nH]nc(C(=O)NCCc3ccc(F)cc3)c2c1. The summed E-state index contributed by atoms with van der Waals surface area (Å²) >= 11 is 0. The molecule has 5 heteroatoms. The molecule has 4 nitrogen and oxygen atoms in total. The normalized spacial score (nSPS) is 10.8. The third-order valence-corrected chi connectivity index (χ3v) is 3.55. The van der Waals surface area contributed by atoms with Crippen molar-refractivity contribution in [1.29, 1.82) is 0 Å². The molecule has 1 aromatic heterocycles. The largest absolute Gasteiger partial charge is 0.350 e. The molecule has 0 aliphatic carbocycles. The molecule has 0 spiro atoms. The first-order valence-electron chi connectivity index (χ1n) is 7.11. The minimum Gasteiger partial charge on any atom is -0.350 e. The van der Waals surface area contributed by atoms with E-state index in [9.17, 15) is 9.18 Å². The third kappa shape index (κ3) is 2.98. The molecule has 0 fully saturated rings. The van der Waals surface area contributed by atoms with Crippen molar-refractivity contribution in [1.82, 2.24) is 15.5 Å².